The lowest BCUT2D eigenvalue weighted by atomic mass is 9.98. The van der Waals surface area contributed by atoms with E-state index >= 15 is 0 Å². The zero-order valence-electron chi connectivity index (χ0n) is 20.3. The predicted molar refractivity (Wildman–Crippen MR) is 137 cm³/mol. The summed E-state index contributed by atoms with van der Waals surface area (Å²) in [6.07, 6.45) is -3.04. The molecule has 7 nitrogen and oxygen atoms in total. The second-order valence-corrected chi connectivity index (χ2v) is 11.7. The largest absolute Gasteiger partial charge is 0.449 e. The zero-order chi connectivity index (χ0) is 25.9. The fraction of sp³-hybridized carbons (Fsp3) is 0.321. The molecule has 0 aromatic heterocycles. The summed E-state index contributed by atoms with van der Waals surface area (Å²) in [5.41, 5.74) is 4.82. The van der Waals surface area contributed by atoms with Crippen molar-refractivity contribution < 1.29 is 28.2 Å². The Morgan fingerprint density at radius 3 is 2.17 bits per heavy atom. The van der Waals surface area contributed by atoms with Gasteiger partial charge in [0, 0.05) is 12.5 Å². The molecule has 0 bridgehead atoms. The van der Waals surface area contributed by atoms with Gasteiger partial charge in [-0.2, -0.15) is 0 Å². The minimum atomic E-state index is -3.50. The molecule has 1 amide bonds. The van der Waals surface area contributed by atoms with Crippen molar-refractivity contribution in [2.45, 2.75) is 48.5 Å². The number of sulfone groups is 1. The van der Waals surface area contributed by atoms with Crippen molar-refractivity contribution >= 4 is 15.9 Å². The number of rotatable bonds is 9. The van der Waals surface area contributed by atoms with Gasteiger partial charge in [0.1, 0.15) is 12.7 Å². The van der Waals surface area contributed by atoms with Crippen molar-refractivity contribution in [1.82, 2.24) is 5.32 Å². The van der Waals surface area contributed by atoms with Crippen LogP contribution in [0.5, 0.6) is 0 Å². The number of alkyl carbamates (subject to hydrolysis) is 1. The van der Waals surface area contributed by atoms with Gasteiger partial charge in [-0.05, 0) is 60.2 Å². The van der Waals surface area contributed by atoms with Gasteiger partial charge in [0.2, 0.25) is 0 Å². The Morgan fingerprint density at radius 2 is 1.56 bits per heavy atom. The van der Waals surface area contributed by atoms with Gasteiger partial charge in [0.05, 0.1) is 16.2 Å². The molecule has 0 aliphatic heterocycles. The van der Waals surface area contributed by atoms with Crippen LogP contribution in [-0.2, 0) is 14.6 Å². The molecule has 190 valence electrons. The van der Waals surface area contributed by atoms with Gasteiger partial charge in [-0.3, -0.25) is 0 Å². The lowest BCUT2D eigenvalue weighted by Crippen LogP contribution is -2.30. The summed E-state index contributed by atoms with van der Waals surface area (Å²) in [5, 5.41) is 23.0. The van der Waals surface area contributed by atoms with E-state index in [1.807, 2.05) is 36.4 Å². The molecular weight excluding hydrogens is 478 g/mol. The first kappa shape index (κ1) is 25.9. The Labute approximate surface area is 211 Å². The second-order valence-electron chi connectivity index (χ2n) is 9.22. The number of hydrogen-bond acceptors (Lipinski definition) is 6. The highest BCUT2D eigenvalue weighted by atomic mass is 32.2. The van der Waals surface area contributed by atoms with Crippen molar-refractivity contribution in [3.8, 4) is 11.1 Å². The minimum Gasteiger partial charge on any atom is -0.449 e. The van der Waals surface area contributed by atoms with E-state index in [1.54, 1.807) is 19.9 Å². The molecule has 0 heterocycles. The number of amides is 1. The normalized spacial score (nSPS) is 14.7. The number of nitrogens with one attached hydrogen (secondary N) is 1. The summed E-state index contributed by atoms with van der Waals surface area (Å²) < 4.78 is 30.3. The quantitative estimate of drug-likeness (QED) is 0.399. The molecule has 0 spiro atoms. The third-order valence-electron chi connectivity index (χ3n) is 6.57. The number of aliphatic hydroxyl groups excluding tert-OH is 2. The van der Waals surface area contributed by atoms with Crippen LogP contribution in [0.3, 0.4) is 0 Å². The highest BCUT2D eigenvalue weighted by molar-refractivity contribution is 7.92. The molecule has 1 aliphatic carbocycles. The lowest BCUT2D eigenvalue weighted by molar-refractivity contribution is 0.0135. The highest BCUT2D eigenvalue weighted by Crippen LogP contribution is 2.44. The van der Waals surface area contributed by atoms with Crippen molar-refractivity contribution in [1.29, 1.82) is 0 Å². The Balaban J connectivity index is 1.29. The Bertz CT molecular complexity index is 1290. The summed E-state index contributed by atoms with van der Waals surface area (Å²) in [6.45, 7) is 3.44. The number of carbonyl (C=O) groups excluding carboxylic acids is 1. The van der Waals surface area contributed by atoms with Gasteiger partial charge >= 0.3 is 6.09 Å². The average Bonchev–Trinajstić information content (AvgIpc) is 3.20. The van der Waals surface area contributed by atoms with Gasteiger partial charge in [-0.15, -0.1) is 0 Å². The van der Waals surface area contributed by atoms with Crippen LogP contribution < -0.4 is 5.32 Å². The van der Waals surface area contributed by atoms with E-state index in [2.05, 4.69) is 17.4 Å². The molecule has 3 aromatic carbocycles. The third-order valence-corrected chi connectivity index (χ3v) is 8.72. The predicted octanol–water partition coefficient (Wildman–Crippen LogP) is 4.19. The van der Waals surface area contributed by atoms with Gasteiger partial charge < -0.3 is 20.3 Å². The van der Waals surface area contributed by atoms with Crippen LogP contribution >= 0.6 is 0 Å². The second kappa shape index (κ2) is 10.8. The maximum Gasteiger partial charge on any atom is 0.407 e. The monoisotopic (exact) mass is 509 g/mol. The summed E-state index contributed by atoms with van der Waals surface area (Å²) >= 11 is 0. The van der Waals surface area contributed by atoms with Crippen LogP contribution in [0.2, 0.25) is 0 Å². The number of hydrogen-bond donors (Lipinski definition) is 3. The van der Waals surface area contributed by atoms with Gasteiger partial charge in [-0.1, -0.05) is 60.7 Å². The van der Waals surface area contributed by atoms with Crippen LogP contribution in [0.15, 0.2) is 77.7 Å². The molecule has 0 radical (unpaired) electrons. The zero-order valence-corrected chi connectivity index (χ0v) is 21.1. The summed E-state index contributed by atoms with van der Waals surface area (Å²) in [5.74, 6) is -0.0510. The van der Waals surface area contributed by atoms with Gasteiger partial charge in [-0.25, -0.2) is 13.2 Å². The SMILES string of the molecule is CC(C)S(=O)(=O)c1cccc(C(O)C(O)CCNC(=O)OCC2c3ccccc3-c3ccccc32)c1. The van der Waals surface area contributed by atoms with Crippen molar-refractivity contribution in [2.75, 3.05) is 13.2 Å². The highest BCUT2D eigenvalue weighted by Gasteiger charge is 2.29. The molecule has 2 unspecified atom stereocenters. The smallest absolute Gasteiger partial charge is 0.407 e. The molecule has 0 fully saturated rings. The number of aliphatic hydroxyl groups is 2. The fourth-order valence-corrected chi connectivity index (χ4v) is 5.61. The van der Waals surface area contributed by atoms with E-state index < -0.39 is 33.4 Å². The molecule has 3 N–H and O–H groups in total. The van der Waals surface area contributed by atoms with Gasteiger partial charge in [0.25, 0.3) is 0 Å². The first-order chi connectivity index (χ1) is 17.2. The summed E-state index contributed by atoms with van der Waals surface area (Å²) in [7, 11) is -3.50. The summed E-state index contributed by atoms with van der Waals surface area (Å²) in [6, 6.07) is 22.1. The van der Waals surface area contributed by atoms with Crippen molar-refractivity contribution in [3.63, 3.8) is 0 Å². The van der Waals surface area contributed by atoms with Crippen molar-refractivity contribution in [2.24, 2.45) is 0 Å². The Morgan fingerprint density at radius 1 is 0.944 bits per heavy atom. The molecule has 3 aromatic rings. The lowest BCUT2D eigenvalue weighted by Gasteiger charge is -2.19. The van der Waals surface area contributed by atoms with E-state index in [1.165, 1.54) is 18.2 Å². The topological polar surface area (TPSA) is 113 Å². The molecular formula is C28H31NO6S. The van der Waals surface area contributed by atoms with Crippen LogP contribution in [0.25, 0.3) is 11.1 Å². The van der Waals surface area contributed by atoms with E-state index in [4.69, 9.17) is 4.74 Å². The molecule has 0 saturated carbocycles. The summed E-state index contributed by atoms with van der Waals surface area (Å²) in [4.78, 5) is 12.4. The standard InChI is InChI=1S/C28H31NO6S/c1-18(2)36(33,34)20-9-7-8-19(16-20)27(31)26(30)14-15-29-28(32)35-17-25-23-12-5-3-10-21(23)22-11-4-6-13-24(22)25/h3-13,16,18,25-27,30-31H,14-15,17H2,1-2H3,(H,29,32). The van der Waals surface area contributed by atoms with E-state index in [-0.39, 0.29) is 30.4 Å². The molecule has 1 aliphatic rings. The number of benzene rings is 3. The Hall–Kier alpha value is -3.20. The van der Waals surface area contributed by atoms with Crippen LogP contribution in [0.4, 0.5) is 4.79 Å². The number of fused-ring (bicyclic) bond motifs is 3. The van der Waals surface area contributed by atoms with E-state index in [0.29, 0.717) is 5.56 Å². The molecule has 4 rings (SSSR count). The molecule has 0 saturated heterocycles. The minimum absolute atomic E-state index is 0.0510. The van der Waals surface area contributed by atoms with Crippen LogP contribution in [-0.4, -0.2) is 49.2 Å². The Kier molecular flexibility index (Phi) is 7.78. The first-order valence-electron chi connectivity index (χ1n) is 12.0. The molecule has 8 heteroatoms. The van der Waals surface area contributed by atoms with Crippen molar-refractivity contribution in [3.05, 3.63) is 89.5 Å². The average molecular weight is 510 g/mol. The van der Waals surface area contributed by atoms with E-state index in [9.17, 15) is 23.4 Å². The van der Waals surface area contributed by atoms with Crippen LogP contribution in [0.1, 0.15) is 49.0 Å². The van der Waals surface area contributed by atoms with Crippen LogP contribution in [0, 0.1) is 0 Å². The number of carbonyl (C=O) groups is 1. The van der Waals surface area contributed by atoms with Gasteiger partial charge in [0.15, 0.2) is 9.84 Å². The molecule has 2 atom stereocenters. The maximum atomic E-state index is 12.4. The maximum absolute atomic E-state index is 12.4. The first-order valence-corrected chi connectivity index (χ1v) is 13.5. The molecule has 36 heavy (non-hydrogen) atoms. The fourth-order valence-electron chi connectivity index (χ4n) is 4.50. The third kappa shape index (κ3) is 5.31. The number of ether oxygens (including phenoxy) is 1. The van der Waals surface area contributed by atoms with E-state index in [0.717, 1.165) is 22.3 Å².